The lowest BCUT2D eigenvalue weighted by atomic mass is 10.1. The molecule has 0 amide bonds. The zero-order valence-electron chi connectivity index (χ0n) is 11.6. The molecule has 0 aliphatic rings. The highest BCUT2D eigenvalue weighted by Gasteiger charge is 2.09. The minimum atomic E-state index is -0.173. The van der Waals surface area contributed by atoms with Gasteiger partial charge in [-0.05, 0) is 48.6 Å². The van der Waals surface area contributed by atoms with Gasteiger partial charge in [0.1, 0.15) is 0 Å². The molecule has 0 saturated carbocycles. The number of halogens is 1. The van der Waals surface area contributed by atoms with Crippen molar-refractivity contribution in [3.05, 3.63) is 61.8 Å². The maximum absolute atomic E-state index is 12.1. The fourth-order valence-corrected chi connectivity index (χ4v) is 3.26. The molecule has 2 aromatic heterocycles. The quantitative estimate of drug-likeness (QED) is 0.764. The molecule has 106 valence electrons. The molecule has 0 bridgehead atoms. The van der Waals surface area contributed by atoms with Gasteiger partial charge in [-0.15, -0.1) is 11.3 Å². The fraction of sp³-hybridized carbons (Fsp3) is 0.125. The molecule has 2 heterocycles. The maximum atomic E-state index is 12.1. The van der Waals surface area contributed by atoms with Gasteiger partial charge in [-0.3, -0.25) is 4.79 Å². The number of rotatable bonds is 2. The van der Waals surface area contributed by atoms with Gasteiger partial charge in [0.05, 0.1) is 15.9 Å². The molecule has 0 unspecified atom stereocenters. The van der Waals surface area contributed by atoms with Crippen LogP contribution in [0.25, 0.3) is 22.0 Å². The summed E-state index contributed by atoms with van der Waals surface area (Å²) in [4.78, 5) is 20.5. The van der Waals surface area contributed by atoms with Gasteiger partial charge in [0.25, 0.3) is 5.56 Å². The summed E-state index contributed by atoms with van der Waals surface area (Å²) >= 11 is 7.93. The first kappa shape index (κ1) is 14.0. The zero-order valence-corrected chi connectivity index (χ0v) is 13.2. The van der Waals surface area contributed by atoms with Gasteiger partial charge < -0.3 is 4.98 Å². The second-order valence-electron chi connectivity index (χ2n) is 4.85. The molecule has 3 nitrogen and oxygen atoms in total. The number of benzene rings is 1. The summed E-state index contributed by atoms with van der Waals surface area (Å²) in [5.41, 5.74) is 2.62. The largest absolute Gasteiger partial charge is 0.305 e. The second kappa shape index (κ2) is 5.47. The van der Waals surface area contributed by atoms with Crippen LogP contribution in [0.2, 0.25) is 0 Å². The predicted octanol–water partition coefficient (Wildman–Crippen LogP) is 4.34. The Hall–Kier alpha value is -1.91. The lowest BCUT2D eigenvalue weighted by molar-refractivity contribution is 1.13. The van der Waals surface area contributed by atoms with E-state index in [9.17, 15) is 4.79 Å². The molecule has 0 radical (unpaired) electrons. The van der Waals surface area contributed by atoms with Crippen molar-refractivity contribution in [3.8, 4) is 0 Å². The summed E-state index contributed by atoms with van der Waals surface area (Å²) in [6.45, 7) is 3.95. The van der Waals surface area contributed by atoms with Gasteiger partial charge in [-0.1, -0.05) is 23.7 Å². The monoisotopic (exact) mass is 316 g/mol. The number of hydrogen-bond acceptors (Lipinski definition) is 3. The van der Waals surface area contributed by atoms with Crippen LogP contribution >= 0.6 is 22.9 Å². The van der Waals surface area contributed by atoms with E-state index < -0.39 is 0 Å². The topological polar surface area (TPSA) is 45.8 Å². The molecule has 0 atom stereocenters. The third kappa shape index (κ3) is 2.64. The Bertz CT molecular complexity index is 908. The lowest BCUT2D eigenvalue weighted by Crippen LogP contribution is -2.11. The Kier molecular flexibility index (Phi) is 3.66. The first-order valence-electron chi connectivity index (χ1n) is 6.47. The Morgan fingerprint density at radius 2 is 2.10 bits per heavy atom. The normalized spacial score (nSPS) is 12.0. The molecule has 1 aromatic carbocycles. The molecule has 3 rings (SSSR count). The van der Waals surface area contributed by atoms with Gasteiger partial charge in [0, 0.05) is 4.88 Å². The number of thiophene rings is 1. The van der Waals surface area contributed by atoms with Crippen molar-refractivity contribution in [1.82, 2.24) is 9.97 Å². The average Bonchev–Trinajstić information content (AvgIpc) is 2.85. The first-order chi connectivity index (χ1) is 10.1. The molecule has 0 aliphatic heterocycles. The molecule has 3 aromatic rings. The van der Waals surface area contributed by atoms with Crippen molar-refractivity contribution in [1.29, 1.82) is 0 Å². The molecular weight excluding hydrogens is 304 g/mol. The van der Waals surface area contributed by atoms with Crippen molar-refractivity contribution in [3.63, 3.8) is 0 Å². The van der Waals surface area contributed by atoms with Crippen LogP contribution in [0, 0.1) is 13.8 Å². The van der Waals surface area contributed by atoms with E-state index in [0.717, 1.165) is 16.0 Å². The Labute approximate surface area is 130 Å². The molecule has 0 aliphatic carbocycles. The predicted molar refractivity (Wildman–Crippen MR) is 89.9 cm³/mol. The summed E-state index contributed by atoms with van der Waals surface area (Å²) in [6.07, 6.45) is 1.84. The molecule has 0 fully saturated rings. The molecule has 5 heteroatoms. The van der Waals surface area contributed by atoms with Crippen molar-refractivity contribution < 1.29 is 0 Å². The smallest absolute Gasteiger partial charge is 0.259 e. The highest BCUT2D eigenvalue weighted by atomic mass is 35.5. The Morgan fingerprint density at radius 3 is 2.81 bits per heavy atom. The zero-order chi connectivity index (χ0) is 15.0. The molecular formula is C16H13ClN2OS. The Balaban J connectivity index is 2.17. The number of para-hydroxylation sites is 1. The standard InChI is InChI=1S/C16H13ClN2OS/c1-9-6-7-21-13(9)8-12(17)15-18-14-10(2)4-3-5-11(14)16(20)19-15/h3-8H,1-2H3,(H,18,19,20). The van der Waals surface area contributed by atoms with Crippen LogP contribution in [0.4, 0.5) is 0 Å². The molecule has 21 heavy (non-hydrogen) atoms. The van der Waals surface area contributed by atoms with Gasteiger partial charge in [-0.25, -0.2) is 4.98 Å². The number of fused-ring (bicyclic) bond motifs is 1. The fourth-order valence-electron chi connectivity index (χ4n) is 2.13. The van der Waals surface area contributed by atoms with Crippen LogP contribution in [-0.2, 0) is 0 Å². The minimum absolute atomic E-state index is 0.173. The summed E-state index contributed by atoms with van der Waals surface area (Å²) in [7, 11) is 0. The van der Waals surface area contributed by atoms with Crippen LogP contribution in [0.15, 0.2) is 34.4 Å². The van der Waals surface area contributed by atoms with Crippen molar-refractivity contribution >= 4 is 44.9 Å². The molecule has 0 spiro atoms. The van der Waals surface area contributed by atoms with Crippen LogP contribution in [-0.4, -0.2) is 9.97 Å². The Morgan fingerprint density at radius 1 is 1.29 bits per heavy atom. The number of aromatic nitrogens is 2. The summed E-state index contributed by atoms with van der Waals surface area (Å²) in [5.74, 6) is 0.399. The van der Waals surface area contributed by atoms with E-state index in [4.69, 9.17) is 11.6 Å². The lowest BCUT2D eigenvalue weighted by Gasteiger charge is -2.04. The van der Waals surface area contributed by atoms with Crippen molar-refractivity contribution in [2.75, 3.05) is 0 Å². The maximum Gasteiger partial charge on any atom is 0.259 e. The third-order valence-corrected chi connectivity index (χ3v) is 4.58. The summed E-state index contributed by atoms with van der Waals surface area (Å²) < 4.78 is 0. The van der Waals surface area contributed by atoms with Gasteiger partial charge in [0.2, 0.25) is 0 Å². The number of nitrogens with zero attached hydrogens (tertiary/aromatic N) is 1. The van der Waals surface area contributed by atoms with Crippen LogP contribution in [0.3, 0.4) is 0 Å². The number of aryl methyl sites for hydroxylation is 2. The SMILES string of the molecule is Cc1ccsc1C=C(Cl)c1nc2c(C)cccc2c(=O)[nH]1. The van der Waals surface area contributed by atoms with E-state index >= 15 is 0 Å². The van der Waals surface area contributed by atoms with Crippen molar-refractivity contribution in [2.45, 2.75) is 13.8 Å². The van der Waals surface area contributed by atoms with E-state index in [1.165, 1.54) is 0 Å². The third-order valence-electron chi connectivity index (χ3n) is 3.32. The highest BCUT2D eigenvalue weighted by Crippen LogP contribution is 2.25. The first-order valence-corrected chi connectivity index (χ1v) is 7.73. The second-order valence-corrected chi connectivity index (χ2v) is 6.20. The number of nitrogens with one attached hydrogen (secondary N) is 1. The average molecular weight is 317 g/mol. The molecule has 1 N–H and O–H groups in total. The number of hydrogen-bond donors (Lipinski definition) is 1. The van der Waals surface area contributed by atoms with Gasteiger partial charge in [0.15, 0.2) is 5.82 Å². The van der Waals surface area contributed by atoms with E-state index in [1.807, 2.05) is 43.5 Å². The number of aromatic amines is 1. The molecule has 0 saturated heterocycles. The van der Waals surface area contributed by atoms with Crippen LogP contribution in [0.5, 0.6) is 0 Å². The summed E-state index contributed by atoms with van der Waals surface area (Å²) in [5, 5.41) is 3.02. The van der Waals surface area contributed by atoms with E-state index in [0.29, 0.717) is 21.8 Å². The van der Waals surface area contributed by atoms with Gasteiger partial charge in [-0.2, -0.15) is 0 Å². The van der Waals surface area contributed by atoms with Gasteiger partial charge >= 0.3 is 0 Å². The van der Waals surface area contributed by atoms with E-state index in [2.05, 4.69) is 9.97 Å². The van der Waals surface area contributed by atoms with Crippen LogP contribution < -0.4 is 5.56 Å². The van der Waals surface area contributed by atoms with E-state index in [1.54, 1.807) is 17.4 Å². The van der Waals surface area contributed by atoms with E-state index in [-0.39, 0.29) is 5.56 Å². The van der Waals surface area contributed by atoms with Crippen molar-refractivity contribution in [2.24, 2.45) is 0 Å². The summed E-state index contributed by atoms with van der Waals surface area (Å²) in [6, 6.07) is 7.57. The highest BCUT2D eigenvalue weighted by molar-refractivity contribution is 7.11. The minimum Gasteiger partial charge on any atom is -0.305 e. The van der Waals surface area contributed by atoms with Crippen LogP contribution in [0.1, 0.15) is 21.8 Å². The number of H-pyrrole nitrogens is 1.